The van der Waals surface area contributed by atoms with Gasteiger partial charge in [-0.2, -0.15) is 0 Å². The number of rotatable bonds is 8. The summed E-state index contributed by atoms with van der Waals surface area (Å²) in [5, 5.41) is 12.6. The summed E-state index contributed by atoms with van der Waals surface area (Å²) < 4.78 is 14.8. The molecule has 1 aromatic heterocycles. The SMILES string of the molecule is COc1ccc(CNCCNC(=O)c2nonc2N)c(OC)c1.Cl. The summed E-state index contributed by atoms with van der Waals surface area (Å²) in [6.45, 7) is 1.56. The van der Waals surface area contributed by atoms with Gasteiger partial charge in [0.1, 0.15) is 11.5 Å². The number of aromatic nitrogens is 2. The third kappa shape index (κ3) is 5.00. The predicted octanol–water partition coefficient (Wildman–Crippen LogP) is 0.610. The van der Waals surface area contributed by atoms with Gasteiger partial charge in [0, 0.05) is 31.3 Å². The minimum absolute atomic E-state index is 0. The van der Waals surface area contributed by atoms with Gasteiger partial charge in [-0.3, -0.25) is 4.79 Å². The Morgan fingerprint density at radius 3 is 2.67 bits per heavy atom. The van der Waals surface area contributed by atoms with E-state index < -0.39 is 5.91 Å². The quantitative estimate of drug-likeness (QED) is 0.587. The van der Waals surface area contributed by atoms with Crippen molar-refractivity contribution in [1.82, 2.24) is 20.9 Å². The van der Waals surface area contributed by atoms with Crippen molar-refractivity contribution in [3.8, 4) is 11.5 Å². The molecule has 132 valence electrons. The Labute approximate surface area is 145 Å². The first-order valence-corrected chi connectivity index (χ1v) is 6.93. The van der Waals surface area contributed by atoms with Gasteiger partial charge in [-0.15, -0.1) is 12.4 Å². The molecule has 0 saturated heterocycles. The first-order chi connectivity index (χ1) is 11.2. The largest absolute Gasteiger partial charge is 0.497 e. The molecule has 1 heterocycles. The standard InChI is InChI=1S/C14H19N5O4.ClH/c1-21-10-4-3-9(11(7-10)22-2)8-16-5-6-17-14(20)12-13(15)19-23-18-12;/h3-4,7,16H,5-6,8H2,1-2H3,(H2,15,19)(H,17,20);1H. The van der Waals surface area contributed by atoms with Crippen LogP contribution in [0.5, 0.6) is 11.5 Å². The first-order valence-electron chi connectivity index (χ1n) is 6.93. The molecule has 0 atom stereocenters. The fourth-order valence-corrected chi connectivity index (χ4v) is 1.92. The van der Waals surface area contributed by atoms with Crippen LogP contribution in [0.3, 0.4) is 0 Å². The number of amides is 1. The number of carbonyl (C=O) groups excluding carboxylic acids is 1. The van der Waals surface area contributed by atoms with E-state index in [4.69, 9.17) is 15.2 Å². The fourth-order valence-electron chi connectivity index (χ4n) is 1.92. The molecule has 2 aromatic rings. The van der Waals surface area contributed by atoms with Gasteiger partial charge in [0.15, 0.2) is 0 Å². The average molecular weight is 358 g/mol. The lowest BCUT2D eigenvalue weighted by atomic mass is 10.2. The lowest BCUT2D eigenvalue weighted by molar-refractivity contribution is 0.0944. The van der Waals surface area contributed by atoms with Gasteiger partial charge in [-0.25, -0.2) is 4.63 Å². The summed E-state index contributed by atoms with van der Waals surface area (Å²) in [6.07, 6.45) is 0. The molecular formula is C14H20ClN5O4. The van der Waals surface area contributed by atoms with Crippen LogP contribution in [0.15, 0.2) is 22.8 Å². The maximum Gasteiger partial charge on any atom is 0.277 e. The number of methoxy groups -OCH3 is 2. The van der Waals surface area contributed by atoms with E-state index in [1.54, 1.807) is 14.2 Å². The van der Waals surface area contributed by atoms with Crippen LogP contribution in [0.25, 0.3) is 0 Å². The highest BCUT2D eigenvalue weighted by Crippen LogP contribution is 2.24. The number of nitrogen functional groups attached to an aromatic ring is 1. The number of nitrogens with zero attached hydrogens (tertiary/aromatic N) is 2. The van der Waals surface area contributed by atoms with Crippen LogP contribution in [-0.2, 0) is 6.54 Å². The number of nitrogens with two attached hydrogens (primary N) is 1. The van der Waals surface area contributed by atoms with Crippen LogP contribution in [0, 0.1) is 0 Å². The number of benzene rings is 1. The van der Waals surface area contributed by atoms with Crippen molar-refractivity contribution in [2.45, 2.75) is 6.54 Å². The number of halogens is 1. The second kappa shape index (κ2) is 9.58. The predicted molar refractivity (Wildman–Crippen MR) is 89.5 cm³/mol. The molecule has 0 unspecified atom stereocenters. The molecule has 0 aliphatic carbocycles. The zero-order valence-corrected chi connectivity index (χ0v) is 14.2. The van der Waals surface area contributed by atoms with Gasteiger partial charge in [-0.05, 0) is 16.4 Å². The molecule has 0 saturated carbocycles. The average Bonchev–Trinajstić information content (AvgIpc) is 3.00. The van der Waals surface area contributed by atoms with Crippen LogP contribution in [0.1, 0.15) is 16.1 Å². The van der Waals surface area contributed by atoms with Gasteiger partial charge in [0.05, 0.1) is 14.2 Å². The zero-order valence-electron chi connectivity index (χ0n) is 13.4. The molecule has 9 nitrogen and oxygen atoms in total. The minimum Gasteiger partial charge on any atom is -0.497 e. The molecule has 0 aliphatic heterocycles. The highest BCUT2D eigenvalue weighted by molar-refractivity contribution is 5.95. The Bertz CT molecular complexity index is 664. The molecule has 4 N–H and O–H groups in total. The van der Waals surface area contributed by atoms with Crippen LogP contribution >= 0.6 is 12.4 Å². The molecular weight excluding hydrogens is 338 g/mol. The Morgan fingerprint density at radius 1 is 1.25 bits per heavy atom. The monoisotopic (exact) mass is 357 g/mol. The molecule has 0 spiro atoms. The normalized spacial score (nSPS) is 9.92. The van der Waals surface area contributed by atoms with Crippen molar-refractivity contribution in [2.75, 3.05) is 33.0 Å². The third-order valence-corrected chi connectivity index (χ3v) is 3.13. The molecule has 2 rings (SSSR count). The Balaban J connectivity index is 0.00000288. The summed E-state index contributed by atoms with van der Waals surface area (Å²) >= 11 is 0. The number of hydrogen-bond acceptors (Lipinski definition) is 8. The number of nitrogens with one attached hydrogen (secondary N) is 2. The third-order valence-electron chi connectivity index (χ3n) is 3.13. The van der Waals surface area contributed by atoms with Crippen molar-refractivity contribution in [3.63, 3.8) is 0 Å². The summed E-state index contributed by atoms with van der Waals surface area (Å²) in [6, 6.07) is 5.60. The van der Waals surface area contributed by atoms with Crippen molar-refractivity contribution >= 4 is 24.1 Å². The van der Waals surface area contributed by atoms with Gasteiger partial charge in [-0.1, -0.05) is 6.07 Å². The van der Waals surface area contributed by atoms with E-state index in [2.05, 4.69) is 25.6 Å². The van der Waals surface area contributed by atoms with Crippen LogP contribution in [0.4, 0.5) is 5.82 Å². The highest BCUT2D eigenvalue weighted by Gasteiger charge is 2.14. The topological polar surface area (TPSA) is 125 Å². The molecule has 10 heteroatoms. The van der Waals surface area contributed by atoms with Gasteiger partial charge < -0.3 is 25.8 Å². The van der Waals surface area contributed by atoms with E-state index in [1.807, 2.05) is 18.2 Å². The highest BCUT2D eigenvalue weighted by atomic mass is 35.5. The molecule has 0 bridgehead atoms. The van der Waals surface area contributed by atoms with Gasteiger partial charge in [0.2, 0.25) is 11.5 Å². The van der Waals surface area contributed by atoms with E-state index >= 15 is 0 Å². The second-order valence-electron chi connectivity index (χ2n) is 4.61. The lowest BCUT2D eigenvalue weighted by Crippen LogP contribution is -2.32. The van der Waals surface area contributed by atoms with Gasteiger partial charge >= 0.3 is 0 Å². The van der Waals surface area contributed by atoms with E-state index in [-0.39, 0.29) is 23.9 Å². The first kappa shape index (κ1) is 19.5. The maximum absolute atomic E-state index is 11.7. The molecule has 0 aliphatic rings. The number of ether oxygens (including phenoxy) is 2. The molecule has 0 fully saturated rings. The number of hydrogen-bond donors (Lipinski definition) is 3. The van der Waals surface area contributed by atoms with E-state index in [1.165, 1.54) is 0 Å². The van der Waals surface area contributed by atoms with Crippen molar-refractivity contribution in [2.24, 2.45) is 0 Å². The lowest BCUT2D eigenvalue weighted by Gasteiger charge is -2.11. The molecule has 1 aromatic carbocycles. The van der Waals surface area contributed by atoms with E-state index in [0.717, 1.165) is 17.1 Å². The smallest absolute Gasteiger partial charge is 0.277 e. The summed E-state index contributed by atoms with van der Waals surface area (Å²) in [5.74, 6) is 1.02. The van der Waals surface area contributed by atoms with Crippen LogP contribution < -0.4 is 25.8 Å². The minimum atomic E-state index is -0.424. The van der Waals surface area contributed by atoms with Crippen molar-refractivity contribution in [3.05, 3.63) is 29.5 Å². The number of anilines is 1. The van der Waals surface area contributed by atoms with Gasteiger partial charge in [0.25, 0.3) is 5.91 Å². The second-order valence-corrected chi connectivity index (χ2v) is 4.61. The number of carbonyl (C=O) groups is 1. The maximum atomic E-state index is 11.7. The summed E-state index contributed by atoms with van der Waals surface area (Å²) in [7, 11) is 3.21. The Hall–Kier alpha value is -2.52. The molecule has 1 amide bonds. The Morgan fingerprint density at radius 2 is 2.04 bits per heavy atom. The van der Waals surface area contributed by atoms with E-state index in [9.17, 15) is 4.79 Å². The van der Waals surface area contributed by atoms with E-state index in [0.29, 0.717) is 19.6 Å². The fraction of sp³-hybridized carbons (Fsp3) is 0.357. The Kier molecular flexibility index (Phi) is 7.80. The summed E-state index contributed by atoms with van der Waals surface area (Å²) in [4.78, 5) is 11.7. The van der Waals surface area contributed by atoms with Crippen molar-refractivity contribution in [1.29, 1.82) is 0 Å². The van der Waals surface area contributed by atoms with Crippen LogP contribution in [0.2, 0.25) is 0 Å². The summed E-state index contributed by atoms with van der Waals surface area (Å²) in [5.41, 5.74) is 6.41. The zero-order chi connectivity index (χ0) is 16.7. The molecule has 24 heavy (non-hydrogen) atoms. The van der Waals surface area contributed by atoms with Crippen LogP contribution in [-0.4, -0.2) is 43.5 Å². The molecule has 0 radical (unpaired) electrons. The van der Waals surface area contributed by atoms with Crippen molar-refractivity contribution < 1.29 is 18.9 Å².